The number of carbonyl (C=O) groups excluding carboxylic acids is 1. The lowest BCUT2D eigenvalue weighted by Gasteiger charge is -2.51. The molecule has 0 radical (unpaired) electrons. The number of nitrogens with two attached hydrogens (primary N) is 6. The minimum absolute atomic E-state index is 0.00207. The summed E-state index contributed by atoms with van der Waals surface area (Å²) in [6, 6.07) is -4.53. The molecule has 270 valence electrons. The van der Waals surface area contributed by atoms with Crippen LogP contribution in [-0.4, -0.2) is 159 Å². The Morgan fingerprint density at radius 1 is 0.915 bits per heavy atom. The maximum atomic E-state index is 13.3. The van der Waals surface area contributed by atoms with E-state index in [0.29, 0.717) is 19.0 Å². The van der Waals surface area contributed by atoms with Crippen molar-refractivity contribution in [1.82, 2.24) is 10.6 Å². The topological polar surface area (TPSA) is 359 Å². The van der Waals surface area contributed by atoms with Gasteiger partial charge in [0, 0.05) is 37.0 Å². The van der Waals surface area contributed by atoms with Gasteiger partial charge in [-0.25, -0.2) is 4.99 Å². The van der Waals surface area contributed by atoms with Crippen LogP contribution in [0.5, 0.6) is 0 Å². The average Bonchev–Trinajstić information content (AvgIpc) is 3.64. The summed E-state index contributed by atoms with van der Waals surface area (Å²) >= 11 is 0. The second kappa shape index (κ2) is 14.6. The Hall–Kier alpha value is -1.82. The van der Waals surface area contributed by atoms with Gasteiger partial charge in [-0.2, -0.15) is 0 Å². The van der Waals surface area contributed by atoms with Crippen molar-refractivity contribution in [2.24, 2.45) is 51.2 Å². The van der Waals surface area contributed by atoms with Crippen LogP contribution in [0.3, 0.4) is 0 Å². The molecule has 0 spiro atoms. The van der Waals surface area contributed by atoms with E-state index in [4.69, 9.17) is 48.6 Å². The van der Waals surface area contributed by atoms with Crippen LogP contribution in [0.4, 0.5) is 0 Å². The zero-order chi connectivity index (χ0) is 34.4. The van der Waals surface area contributed by atoms with Gasteiger partial charge in [-0.15, -0.1) is 0 Å². The number of hydrogen-bond acceptors (Lipinski definition) is 16. The summed E-state index contributed by atoms with van der Waals surface area (Å²) in [4.78, 5) is 17.1. The second-order valence-electron chi connectivity index (χ2n) is 14.0. The van der Waals surface area contributed by atoms with E-state index in [1.54, 1.807) is 0 Å². The van der Waals surface area contributed by atoms with Gasteiger partial charge in [-0.3, -0.25) is 4.79 Å². The predicted octanol–water partition coefficient (Wildman–Crippen LogP) is -7.72. The smallest absolute Gasteiger partial charge is 0.254 e. The molecule has 3 unspecified atom stereocenters. The molecule has 3 saturated carbocycles. The summed E-state index contributed by atoms with van der Waals surface area (Å²) in [6.45, 7) is 0.399. The lowest BCUT2D eigenvalue weighted by molar-refractivity contribution is -0.306. The van der Waals surface area contributed by atoms with Gasteiger partial charge in [0.05, 0.1) is 49.1 Å². The Kier molecular flexibility index (Phi) is 11.3. The van der Waals surface area contributed by atoms with Gasteiger partial charge >= 0.3 is 0 Å². The van der Waals surface area contributed by atoms with Crippen LogP contribution in [0.15, 0.2) is 4.99 Å². The summed E-state index contributed by atoms with van der Waals surface area (Å²) in [6.07, 6.45) is -8.99. The molecule has 5 aliphatic rings. The molecule has 2 aliphatic heterocycles. The largest absolute Gasteiger partial charge is 0.394 e. The van der Waals surface area contributed by atoms with Crippen molar-refractivity contribution in [2.45, 2.75) is 129 Å². The number of aliphatic hydroxyl groups excluding tert-OH is 5. The summed E-state index contributed by atoms with van der Waals surface area (Å²) in [5.41, 5.74) is 33.9. The van der Waals surface area contributed by atoms with Crippen LogP contribution in [0.1, 0.15) is 32.1 Å². The molecule has 0 aromatic heterocycles. The van der Waals surface area contributed by atoms with E-state index in [2.05, 4.69) is 15.6 Å². The molecule has 0 aromatic carbocycles. The first-order chi connectivity index (χ1) is 22.1. The van der Waals surface area contributed by atoms with E-state index < -0.39 is 109 Å². The molecule has 2 heterocycles. The van der Waals surface area contributed by atoms with Crippen LogP contribution in [0.2, 0.25) is 0 Å². The number of nitrogens with zero attached hydrogens (tertiary/aromatic N) is 1. The second-order valence-corrected chi connectivity index (χ2v) is 14.0. The normalized spacial score (nSPS) is 49.9. The highest BCUT2D eigenvalue weighted by molar-refractivity contribution is 5.90. The molecule has 2 saturated heterocycles. The van der Waals surface area contributed by atoms with E-state index >= 15 is 0 Å². The van der Waals surface area contributed by atoms with Gasteiger partial charge in [0.1, 0.15) is 24.4 Å². The maximum Gasteiger partial charge on any atom is 0.254 e. The minimum Gasteiger partial charge on any atom is -0.394 e. The highest BCUT2D eigenvalue weighted by Gasteiger charge is 2.61. The Morgan fingerprint density at radius 2 is 1.62 bits per heavy atom. The molecule has 5 fully saturated rings. The molecule has 5 rings (SSSR count). The molecule has 1 amide bonds. The van der Waals surface area contributed by atoms with Gasteiger partial charge in [0.2, 0.25) is 0 Å². The number of ether oxygens (including phenoxy) is 3. The molecule has 0 aromatic rings. The molecule has 3 aliphatic carbocycles. The molecule has 20 N–H and O–H groups in total. The van der Waals surface area contributed by atoms with Gasteiger partial charge in [-0.05, 0) is 38.1 Å². The Labute approximate surface area is 272 Å². The van der Waals surface area contributed by atoms with Gasteiger partial charge in [-0.1, -0.05) is 0 Å². The first-order valence-electron chi connectivity index (χ1n) is 16.3. The number of rotatable bonds is 11. The number of guanidine groups is 1. The van der Waals surface area contributed by atoms with E-state index in [0.717, 1.165) is 12.8 Å². The number of carbonyl (C=O) groups is 1. The monoisotopic (exact) mass is 675 g/mol. The standard InChI is InChI=1S/C28H53N9O10/c29-10-1-9(2-10)6-35-7-15-14(39)4-12(31)23(45-15)18-11(30)3-13(36-26(43)28(44)5-17(28)37-27(33)34)24(21(18)41)47-25-22(42)19(32)20(40)16(8-38)46-25/h9-25,35,38-42,44H,1-8,29-32H2,(H,36,43)(H4,33,34,37)/t9?,10?,11-,12+,13+,14-,15+,16+,17?,18?,19-,20+,21-,22+,23-,24-,25+,28?/m0/s1. The van der Waals surface area contributed by atoms with Gasteiger partial charge < -0.3 is 89.9 Å². The quantitative estimate of drug-likeness (QED) is 0.0714. The molecule has 16 atom stereocenters. The third kappa shape index (κ3) is 7.68. The zero-order valence-corrected chi connectivity index (χ0v) is 26.2. The Morgan fingerprint density at radius 3 is 2.26 bits per heavy atom. The molecule has 47 heavy (non-hydrogen) atoms. The van der Waals surface area contributed by atoms with Gasteiger partial charge in [0.15, 0.2) is 17.9 Å². The number of aliphatic imine (C=N–C) groups is 1. The fourth-order valence-electron chi connectivity index (χ4n) is 7.44. The van der Waals surface area contributed by atoms with Crippen molar-refractivity contribution in [1.29, 1.82) is 0 Å². The molecule has 0 bridgehead atoms. The number of nitrogens with one attached hydrogen (secondary N) is 2. The first kappa shape index (κ1) is 36.5. The fourth-order valence-corrected chi connectivity index (χ4v) is 7.44. The van der Waals surface area contributed by atoms with Crippen molar-refractivity contribution in [3.63, 3.8) is 0 Å². The Balaban J connectivity index is 1.34. The van der Waals surface area contributed by atoms with Crippen molar-refractivity contribution in [2.75, 3.05) is 19.7 Å². The maximum absolute atomic E-state index is 13.3. The first-order valence-corrected chi connectivity index (χ1v) is 16.3. The zero-order valence-electron chi connectivity index (χ0n) is 26.2. The van der Waals surface area contributed by atoms with Crippen molar-refractivity contribution in [3.05, 3.63) is 0 Å². The van der Waals surface area contributed by atoms with Crippen LogP contribution < -0.4 is 45.0 Å². The predicted molar refractivity (Wildman–Crippen MR) is 165 cm³/mol. The average molecular weight is 676 g/mol. The number of hydrogen-bond donors (Lipinski definition) is 14. The minimum atomic E-state index is -1.91. The lowest BCUT2D eigenvalue weighted by Crippen LogP contribution is -2.70. The fraction of sp³-hybridized carbons (Fsp3) is 0.929. The highest BCUT2D eigenvalue weighted by Crippen LogP contribution is 2.41. The van der Waals surface area contributed by atoms with Crippen LogP contribution >= 0.6 is 0 Å². The van der Waals surface area contributed by atoms with Crippen LogP contribution in [0, 0.1) is 11.8 Å². The number of aliphatic hydroxyl groups is 6. The highest BCUT2D eigenvalue weighted by atomic mass is 16.7. The van der Waals surface area contributed by atoms with Gasteiger partial charge in [0.25, 0.3) is 5.91 Å². The van der Waals surface area contributed by atoms with Crippen LogP contribution in [0.25, 0.3) is 0 Å². The van der Waals surface area contributed by atoms with Crippen molar-refractivity contribution < 1.29 is 49.6 Å². The third-order valence-corrected chi connectivity index (χ3v) is 10.4. The van der Waals surface area contributed by atoms with Crippen molar-refractivity contribution >= 4 is 11.9 Å². The summed E-state index contributed by atoms with van der Waals surface area (Å²) < 4.78 is 18.0. The summed E-state index contributed by atoms with van der Waals surface area (Å²) in [5, 5.41) is 70.4. The number of amides is 1. The molecule has 19 heteroatoms. The third-order valence-electron chi connectivity index (χ3n) is 10.4. The SMILES string of the molecule is NC(N)=NC1CC1(O)C(=O)N[C@@H]1C[C@H](N)C([C@H]2O[C@H](CNCC3CC(N)C3)[C@@H](O)C[C@H]2N)[C@H](O)[C@H]1O[C@H]1O[C@H](CO)[C@@H](O)[C@H](N)[C@H]1O. The molecule has 19 nitrogen and oxygen atoms in total. The summed E-state index contributed by atoms with van der Waals surface area (Å²) in [5.74, 6) is -1.56. The van der Waals surface area contributed by atoms with Crippen LogP contribution in [-0.2, 0) is 19.0 Å². The molecular formula is C28H53N9O10. The van der Waals surface area contributed by atoms with E-state index in [1.165, 1.54) is 0 Å². The van der Waals surface area contributed by atoms with E-state index in [9.17, 15) is 35.4 Å². The lowest BCUT2D eigenvalue weighted by atomic mass is 9.72. The molecular weight excluding hydrogens is 622 g/mol. The van der Waals surface area contributed by atoms with E-state index in [1.807, 2.05) is 0 Å². The van der Waals surface area contributed by atoms with Crippen molar-refractivity contribution in [3.8, 4) is 0 Å². The Bertz CT molecular complexity index is 1120. The van der Waals surface area contributed by atoms with E-state index in [-0.39, 0.29) is 31.3 Å². The summed E-state index contributed by atoms with van der Waals surface area (Å²) in [7, 11) is 0.